The Morgan fingerprint density at radius 3 is 2.24 bits per heavy atom. The molecule has 0 amide bonds. The molecule has 1 aliphatic rings. The van der Waals surface area contributed by atoms with E-state index >= 15 is 0 Å². The van der Waals surface area contributed by atoms with Gasteiger partial charge in [0.25, 0.3) is 0 Å². The molecule has 2 aromatic carbocycles. The fraction of sp³-hybridized carbons (Fsp3) is 0.385. The smallest absolute Gasteiger partial charge is 0.164 e. The molecule has 4 aromatic rings. The van der Waals surface area contributed by atoms with Gasteiger partial charge < -0.3 is 4.74 Å². The predicted octanol–water partition coefficient (Wildman–Crippen LogP) is 6.00. The van der Waals surface area contributed by atoms with E-state index < -0.39 is 5.60 Å². The fourth-order valence-electron chi connectivity index (χ4n) is 5.37. The molecule has 0 radical (unpaired) electrons. The molecule has 2 aromatic heterocycles. The van der Waals surface area contributed by atoms with Gasteiger partial charge in [-0.2, -0.15) is 30.8 Å². The van der Waals surface area contributed by atoms with Crippen LogP contribution in [0.5, 0.6) is 5.75 Å². The molecule has 2 heterocycles. The Morgan fingerprint density at radius 1 is 0.848 bits per heavy atom. The van der Waals surface area contributed by atoms with Crippen molar-refractivity contribution in [2.24, 2.45) is 5.92 Å². The molecule has 0 fully saturated rings. The molecule has 0 saturated heterocycles. The van der Waals surface area contributed by atoms with Crippen LogP contribution in [0.25, 0.3) is 22.1 Å². The lowest BCUT2D eigenvalue weighted by Gasteiger charge is -2.47. The Kier molecular flexibility index (Phi) is 5.27. The first-order chi connectivity index (χ1) is 16.0. The van der Waals surface area contributed by atoms with E-state index in [1.165, 1.54) is 22.3 Å². The summed E-state index contributed by atoms with van der Waals surface area (Å²) >= 11 is 0. The van der Waals surface area contributed by atoms with E-state index in [0.29, 0.717) is 5.75 Å². The highest BCUT2D eigenvalue weighted by Gasteiger charge is 2.50. The van der Waals surface area contributed by atoms with Crippen LogP contribution in [0.4, 0.5) is 0 Å². The summed E-state index contributed by atoms with van der Waals surface area (Å²) in [6.07, 6.45) is 3.23. The maximum Gasteiger partial charge on any atom is 0.164 e. The maximum atomic E-state index is 7.19. The maximum absolute atomic E-state index is 7.19. The van der Waals surface area contributed by atoms with Crippen molar-refractivity contribution < 1.29 is 4.74 Å². The third-order valence-electron chi connectivity index (χ3n) is 7.46. The molecular formula is C26H30N6O. The zero-order valence-corrected chi connectivity index (χ0v) is 19.9. The molecule has 1 aliphatic carbocycles. The second-order valence-corrected chi connectivity index (χ2v) is 9.03. The van der Waals surface area contributed by atoms with Crippen molar-refractivity contribution in [1.82, 2.24) is 30.8 Å². The Balaban J connectivity index is 1.84. The number of fused-ring (bicyclic) bond motifs is 2. The van der Waals surface area contributed by atoms with Crippen LogP contribution in [0.1, 0.15) is 59.4 Å². The average molecular weight is 443 g/mol. The standard InChI is InChI=1S/C26H30N6O/c1-6-7-10-19-17(4)15(2)16(3)18(5)26(19,20-11-8-12-21-24(20)29-31-27-21)33-23-14-9-13-22-25(23)30-32-28-22/h8-9,11-14,19H,6-7,10H2,1-5H3,(H,27,29,31)(H,28,30,32). The zero-order chi connectivity index (χ0) is 23.2. The van der Waals surface area contributed by atoms with Gasteiger partial charge in [-0.1, -0.05) is 43.5 Å². The largest absolute Gasteiger partial charge is 0.475 e. The summed E-state index contributed by atoms with van der Waals surface area (Å²) in [4.78, 5) is 0. The number of para-hydroxylation sites is 2. The van der Waals surface area contributed by atoms with Crippen LogP contribution in [0, 0.1) is 5.92 Å². The van der Waals surface area contributed by atoms with Crippen molar-refractivity contribution >= 4 is 22.1 Å². The highest BCUT2D eigenvalue weighted by atomic mass is 16.5. The topological polar surface area (TPSA) is 92.4 Å². The number of rotatable bonds is 6. The van der Waals surface area contributed by atoms with E-state index in [1.807, 2.05) is 30.3 Å². The number of ether oxygens (including phenoxy) is 1. The third kappa shape index (κ3) is 3.17. The number of aromatic amines is 2. The number of benzene rings is 2. The van der Waals surface area contributed by atoms with Gasteiger partial charge in [0, 0.05) is 11.5 Å². The molecule has 0 saturated carbocycles. The van der Waals surface area contributed by atoms with Gasteiger partial charge in [0.2, 0.25) is 0 Å². The third-order valence-corrected chi connectivity index (χ3v) is 7.46. The first kappa shape index (κ1) is 21.4. The molecule has 2 N–H and O–H groups in total. The monoisotopic (exact) mass is 442 g/mol. The summed E-state index contributed by atoms with van der Waals surface area (Å²) in [5.74, 6) is 0.855. The Morgan fingerprint density at radius 2 is 1.52 bits per heavy atom. The van der Waals surface area contributed by atoms with Crippen LogP contribution in [0.2, 0.25) is 0 Å². The lowest BCUT2D eigenvalue weighted by molar-refractivity contribution is 0.0488. The number of nitrogens with one attached hydrogen (secondary N) is 2. The highest BCUT2D eigenvalue weighted by molar-refractivity contribution is 5.82. The van der Waals surface area contributed by atoms with Crippen molar-refractivity contribution in [3.05, 3.63) is 64.3 Å². The van der Waals surface area contributed by atoms with Crippen molar-refractivity contribution in [3.63, 3.8) is 0 Å². The Labute approximate surface area is 193 Å². The molecule has 2 unspecified atom stereocenters. The predicted molar refractivity (Wildman–Crippen MR) is 130 cm³/mol. The SMILES string of the molecule is CCCCC1C(C)=C(C)C(C)=C(C)C1(Oc1cccc2n[nH]nc12)c1cccc2n[nH]nc12. The lowest BCUT2D eigenvalue weighted by atomic mass is 9.64. The minimum Gasteiger partial charge on any atom is -0.475 e. The number of H-pyrrole nitrogens is 2. The second kappa shape index (κ2) is 8.14. The first-order valence-electron chi connectivity index (χ1n) is 11.6. The van der Waals surface area contributed by atoms with Crippen LogP contribution < -0.4 is 4.74 Å². The van der Waals surface area contributed by atoms with Gasteiger partial charge in [0.15, 0.2) is 16.9 Å². The van der Waals surface area contributed by atoms with Crippen molar-refractivity contribution in [3.8, 4) is 5.75 Å². The van der Waals surface area contributed by atoms with Crippen LogP contribution in [-0.2, 0) is 5.60 Å². The van der Waals surface area contributed by atoms with Gasteiger partial charge in [-0.05, 0) is 69.0 Å². The molecule has 170 valence electrons. The second-order valence-electron chi connectivity index (χ2n) is 9.03. The van der Waals surface area contributed by atoms with Crippen molar-refractivity contribution in [2.75, 3.05) is 0 Å². The van der Waals surface area contributed by atoms with Gasteiger partial charge in [-0.3, -0.25) is 0 Å². The number of unbranched alkanes of at least 4 members (excludes halogenated alkanes) is 1. The summed E-state index contributed by atoms with van der Waals surface area (Å²) in [5, 5.41) is 23.2. The van der Waals surface area contributed by atoms with E-state index in [2.05, 4.69) is 71.5 Å². The molecule has 0 spiro atoms. The number of nitrogens with zero attached hydrogens (tertiary/aromatic N) is 4. The number of hydrogen-bond donors (Lipinski definition) is 2. The molecule has 7 heteroatoms. The summed E-state index contributed by atoms with van der Waals surface area (Å²) in [5.41, 5.74) is 8.63. The first-order valence-corrected chi connectivity index (χ1v) is 11.6. The number of hydrogen-bond acceptors (Lipinski definition) is 5. The van der Waals surface area contributed by atoms with E-state index in [-0.39, 0.29) is 5.92 Å². The minimum absolute atomic E-state index is 0.144. The molecular weight excluding hydrogens is 412 g/mol. The molecule has 0 aliphatic heterocycles. The van der Waals surface area contributed by atoms with E-state index in [0.717, 1.165) is 46.9 Å². The van der Waals surface area contributed by atoms with Gasteiger partial charge in [0.1, 0.15) is 16.6 Å². The van der Waals surface area contributed by atoms with Crippen LogP contribution in [0.15, 0.2) is 58.7 Å². The van der Waals surface area contributed by atoms with Crippen LogP contribution in [-0.4, -0.2) is 30.8 Å². The summed E-state index contributed by atoms with van der Waals surface area (Å²) in [6, 6.07) is 12.1. The average Bonchev–Trinajstić information content (AvgIpc) is 3.50. The van der Waals surface area contributed by atoms with E-state index in [9.17, 15) is 0 Å². The molecule has 0 bridgehead atoms. The van der Waals surface area contributed by atoms with E-state index in [4.69, 9.17) is 4.74 Å². The normalized spacial score (nSPS) is 21.4. The molecule has 7 nitrogen and oxygen atoms in total. The highest BCUT2D eigenvalue weighted by Crippen LogP contribution is 2.53. The van der Waals surface area contributed by atoms with Crippen LogP contribution >= 0.6 is 0 Å². The Bertz CT molecular complexity index is 1390. The molecule has 5 rings (SSSR count). The van der Waals surface area contributed by atoms with Crippen molar-refractivity contribution in [1.29, 1.82) is 0 Å². The number of allylic oxidation sites excluding steroid dienone is 2. The zero-order valence-electron chi connectivity index (χ0n) is 19.9. The van der Waals surface area contributed by atoms with Crippen LogP contribution in [0.3, 0.4) is 0 Å². The molecule has 2 atom stereocenters. The lowest BCUT2D eigenvalue weighted by Crippen LogP contribution is -2.46. The van der Waals surface area contributed by atoms with Gasteiger partial charge in [-0.25, -0.2) is 0 Å². The van der Waals surface area contributed by atoms with Gasteiger partial charge in [0.05, 0.1) is 0 Å². The number of aromatic nitrogens is 6. The quantitative estimate of drug-likeness (QED) is 0.382. The Hall–Kier alpha value is -3.48. The van der Waals surface area contributed by atoms with Gasteiger partial charge >= 0.3 is 0 Å². The molecule has 33 heavy (non-hydrogen) atoms. The summed E-state index contributed by atoms with van der Waals surface area (Å²) in [6.45, 7) is 11.1. The summed E-state index contributed by atoms with van der Waals surface area (Å²) in [7, 11) is 0. The minimum atomic E-state index is -0.744. The van der Waals surface area contributed by atoms with Gasteiger partial charge in [-0.15, -0.1) is 0 Å². The fourth-order valence-corrected chi connectivity index (χ4v) is 5.37. The summed E-state index contributed by atoms with van der Waals surface area (Å²) < 4.78 is 7.19. The van der Waals surface area contributed by atoms with Crippen molar-refractivity contribution in [2.45, 2.75) is 59.5 Å². The van der Waals surface area contributed by atoms with E-state index in [1.54, 1.807) is 0 Å².